The summed E-state index contributed by atoms with van der Waals surface area (Å²) in [5, 5.41) is 0. The number of halogens is 4. The quantitative estimate of drug-likeness (QED) is 0.740. The second-order valence-corrected chi connectivity index (χ2v) is 2.55. The number of alkyl halides is 3. The van der Waals surface area contributed by atoms with Gasteiger partial charge >= 0.3 is 6.36 Å². The van der Waals surface area contributed by atoms with Gasteiger partial charge in [-0.15, -0.1) is 13.2 Å². The summed E-state index contributed by atoms with van der Waals surface area (Å²) in [6.45, 7) is -0.468. The van der Waals surface area contributed by atoms with Gasteiger partial charge in [-0.25, -0.2) is 9.37 Å². The van der Waals surface area contributed by atoms with Crippen molar-refractivity contribution in [2.45, 2.75) is 12.9 Å². The zero-order valence-corrected chi connectivity index (χ0v) is 7.31. The second kappa shape index (κ2) is 3.89. The van der Waals surface area contributed by atoms with Crippen LogP contribution in [0, 0.1) is 5.82 Å². The van der Waals surface area contributed by atoms with Crippen LogP contribution in [0.1, 0.15) is 5.56 Å². The van der Waals surface area contributed by atoms with Gasteiger partial charge in [-0.1, -0.05) is 0 Å². The Morgan fingerprint density at radius 3 is 2.47 bits per heavy atom. The third-order valence-corrected chi connectivity index (χ3v) is 1.54. The maximum absolute atomic E-state index is 13.1. The van der Waals surface area contributed by atoms with Crippen molar-refractivity contribution in [3.63, 3.8) is 0 Å². The molecule has 0 atom stereocenters. The highest BCUT2D eigenvalue weighted by Crippen LogP contribution is 2.28. The molecule has 4 N–H and O–H groups in total. The van der Waals surface area contributed by atoms with Crippen LogP contribution in [0.5, 0.6) is 5.75 Å². The number of hydrogen-bond donors (Lipinski definition) is 2. The molecule has 1 aromatic heterocycles. The Morgan fingerprint density at radius 2 is 2.00 bits per heavy atom. The second-order valence-electron chi connectivity index (χ2n) is 2.55. The minimum absolute atomic E-state index is 0.458. The van der Waals surface area contributed by atoms with Gasteiger partial charge < -0.3 is 16.2 Å². The van der Waals surface area contributed by atoms with Crippen LogP contribution in [0.25, 0.3) is 0 Å². The van der Waals surface area contributed by atoms with Gasteiger partial charge in [0, 0.05) is 12.1 Å². The lowest BCUT2D eigenvalue weighted by molar-refractivity contribution is -0.275. The average molecular weight is 225 g/mol. The number of ether oxygens (including phenoxy) is 1. The lowest BCUT2D eigenvalue weighted by Crippen LogP contribution is -2.20. The molecule has 1 heterocycles. The summed E-state index contributed by atoms with van der Waals surface area (Å²) in [7, 11) is 0. The summed E-state index contributed by atoms with van der Waals surface area (Å²) in [4.78, 5) is 3.19. The highest BCUT2D eigenvalue weighted by atomic mass is 19.4. The first-order valence-corrected chi connectivity index (χ1v) is 3.74. The molecule has 84 valence electrons. The molecule has 1 rings (SSSR count). The summed E-state index contributed by atoms with van der Waals surface area (Å²) in [5.74, 6) is -2.40. The molecule has 0 bridgehead atoms. The first-order chi connectivity index (χ1) is 6.85. The summed E-state index contributed by atoms with van der Waals surface area (Å²) < 4.78 is 52.2. The Kier molecular flexibility index (Phi) is 2.98. The molecule has 8 heteroatoms. The zero-order chi connectivity index (χ0) is 11.6. The van der Waals surface area contributed by atoms with E-state index in [-0.39, 0.29) is 0 Å². The Morgan fingerprint density at radius 1 is 1.40 bits per heavy atom. The van der Waals surface area contributed by atoms with E-state index < -0.39 is 35.9 Å². The van der Waals surface area contributed by atoms with E-state index in [4.69, 9.17) is 11.5 Å². The highest BCUT2D eigenvalue weighted by Gasteiger charge is 2.33. The van der Waals surface area contributed by atoms with Crippen LogP contribution in [0.3, 0.4) is 0 Å². The van der Waals surface area contributed by atoms with Crippen LogP contribution >= 0.6 is 0 Å². The molecular formula is C7H7F4N3O. The van der Waals surface area contributed by atoms with E-state index >= 15 is 0 Å². The molecule has 0 aliphatic rings. The van der Waals surface area contributed by atoms with Crippen LogP contribution in [-0.4, -0.2) is 11.3 Å². The molecule has 1 aromatic rings. The van der Waals surface area contributed by atoms with Crippen molar-refractivity contribution in [2.75, 3.05) is 5.73 Å². The summed E-state index contributed by atoms with van der Waals surface area (Å²) in [6, 6.07) is 0. The van der Waals surface area contributed by atoms with E-state index in [1.807, 2.05) is 0 Å². The number of hydrogen-bond acceptors (Lipinski definition) is 4. The van der Waals surface area contributed by atoms with Crippen LogP contribution in [-0.2, 0) is 6.54 Å². The smallest absolute Gasteiger partial charge is 0.404 e. The lowest BCUT2D eigenvalue weighted by atomic mass is 10.2. The Balaban J connectivity index is 3.14. The maximum atomic E-state index is 13.1. The number of nitrogens with zero attached hydrogens (tertiary/aromatic N) is 1. The van der Waals surface area contributed by atoms with Gasteiger partial charge in [-0.3, -0.25) is 0 Å². The standard InChI is InChI=1S/C7H7F4N3O/c8-5-3(1-12)4(2-14-6(5)13)15-7(9,10)11/h2H,1,12H2,(H2,13,14). The molecule has 0 unspecified atom stereocenters. The van der Waals surface area contributed by atoms with Crippen molar-refractivity contribution in [2.24, 2.45) is 5.73 Å². The molecule has 0 spiro atoms. The highest BCUT2D eigenvalue weighted by molar-refractivity contribution is 5.42. The molecule has 0 aliphatic heterocycles. The number of rotatable bonds is 2. The van der Waals surface area contributed by atoms with Gasteiger partial charge in [0.15, 0.2) is 17.4 Å². The number of pyridine rings is 1. The molecule has 0 radical (unpaired) electrons. The lowest BCUT2D eigenvalue weighted by Gasteiger charge is -2.12. The van der Waals surface area contributed by atoms with Crippen molar-refractivity contribution in [3.8, 4) is 5.75 Å². The predicted molar refractivity (Wildman–Crippen MR) is 43.2 cm³/mol. The van der Waals surface area contributed by atoms with Gasteiger partial charge in [0.2, 0.25) is 0 Å². The molecule has 0 fully saturated rings. The van der Waals surface area contributed by atoms with Gasteiger partial charge in [-0.2, -0.15) is 0 Å². The van der Waals surface area contributed by atoms with Crippen molar-refractivity contribution in [1.82, 2.24) is 4.98 Å². The molecule has 0 saturated carbocycles. The van der Waals surface area contributed by atoms with Gasteiger partial charge in [-0.05, 0) is 0 Å². The van der Waals surface area contributed by atoms with Gasteiger partial charge in [0.25, 0.3) is 0 Å². The topological polar surface area (TPSA) is 74.2 Å². The fraction of sp³-hybridized carbons (Fsp3) is 0.286. The first kappa shape index (κ1) is 11.5. The number of aromatic nitrogens is 1. The van der Waals surface area contributed by atoms with E-state index in [0.29, 0.717) is 6.20 Å². The molecule has 4 nitrogen and oxygen atoms in total. The SMILES string of the molecule is NCc1c(OC(F)(F)F)cnc(N)c1F. The molecule has 0 saturated heterocycles. The van der Waals surface area contributed by atoms with Gasteiger partial charge in [0.05, 0.1) is 6.20 Å². The molecule has 0 aromatic carbocycles. The van der Waals surface area contributed by atoms with Crippen LogP contribution in [0.15, 0.2) is 6.20 Å². The fourth-order valence-electron chi connectivity index (χ4n) is 0.928. The molecule has 0 amide bonds. The monoisotopic (exact) mass is 225 g/mol. The Bertz CT molecular complexity index is 366. The maximum Gasteiger partial charge on any atom is 0.573 e. The number of anilines is 1. The van der Waals surface area contributed by atoms with E-state index in [2.05, 4.69) is 9.72 Å². The molecule has 15 heavy (non-hydrogen) atoms. The third-order valence-electron chi connectivity index (χ3n) is 1.54. The average Bonchev–Trinajstić information content (AvgIpc) is 2.10. The van der Waals surface area contributed by atoms with Gasteiger partial charge in [0.1, 0.15) is 0 Å². The normalized spacial score (nSPS) is 11.5. The summed E-state index contributed by atoms with van der Waals surface area (Å²) in [6.07, 6.45) is -4.25. The number of nitrogen functional groups attached to an aromatic ring is 1. The molecule has 0 aliphatic carbocycles. The minimum Gasteiger partial charge on any atom is -0.404 e. The zero-order valence-electron chi connectivity index (χ0n) is 7.31. The molecular weight excluding hydrogens is 218 g/mol. The van der Waals surface area contributed by atoms with Crippen molar-refractivity contribution in [1.29, 1.82) is 0 Å². The van der Waals surface area contributed by atoms with Crippen LogP contribution in [0.4, 0.5) is 23.4 Å². The van der Waals surface area contributed by atoms with E-state index in [0.717, 1.165) is 0 Å². The summed E-state index contributed by atoms with van der Waals surface area (Å²) >= 11 is 0. The largest absolute Gasteiger partial charge is 0.573 e. The van der Waals surface area contributed by atoms with E-state index in [1.165, 1.54) is 0 Å². The van der Waals surface area contributed by atoms with Crippen LogP contribution in [0.2, 0.25) is 0 Å². The van der Waals surface area contributed by atoms with Crippen molar-refractivity contribution >= 4 is 5.82 Å². The fourth-order valence-corrected chi connectivity index (χ4v) is 0.928. The Hall–Kier alpha value is -1.57. The van der Waals surface area contributed by atoms with Crippen molar-refractivity contribution < 1.29 is 22.3 Å². The third kappa shape index (κ3) is 2.69. The first-order valence-electron chi connectivity index (χ1n) is 3.74. The summed E-state index contributed by atoms with van der Waals surface area (Å²) in [5.41, 5.74) is 9.66. The number of nitrogens with two attached hydrogens (primary N) is 2. The predicted octanol–water partition coefficient (Wildman–Crippen LogP) is 1.16. The minimum atomic E-state index is -4.92. The Labute approximate surface area is 81.8 Å². The van der Waals surface area contributed by atoms with Crippen molar-refractivity contribution in [3.05, 3.63) is 17.6 Å². The van der Waals surface area contributed by atoms with E-state index in [1.54, 1.807) is 0 Å². The van der Waals surface area contributed by atoms with E-state index in [9.17, 15) is 17.6 Å². The van der Waals surface area contributed by atoms with Crippen LogP contribution < -0.4 is 16.2 Å².